The van der Waals surface area contributed by atoms with Gasteiger partial charge in [0.25, 0.3) is 0 Å². The largest absolute Gasteiger partial charge is 0.345 e. The Morgan fingerprint density at radius 3 is 2.00 bits per heavy atom. The van der Waals surface area contributed by atoms with Crippen LogP contribution in [0.3, 0.4) is 0 Å². The first-order chi connectivity index (χ1) is 10.1. The van der Waals surface area contributed by atoms with Crippen molar-refractivity contribution in [1.29, 1.82) is 0 Å². The average Bonchev–Trinajstić information content (AvgIpc) is 2.45. The summed E-state index contributed by atoms with van der Waals surface area (Å²) in [5, 5.41) is 3.09. The maximum atomic E-state index is 12.0. The highest BCUT2D eigenvalue weighted by molar-refractivity contribution is 5.77. The van der Waals surface area contributed by atoms with Crippen LogP contribution in [0.25, 0.3) is 0 Å². The third kappa shape index (κ3) is 4.17. The monoisotopic (exact) mass is 282 g/mol. The van der Waals surface area contributed by atoms with Gasteiger partial charge in [-0.25, -0.2) is 0 Å². The molecule has 2 rings (SSSR count). The molecule has 0 saturated heterocycles. The van der Waals surface area contributed by atoms with E-state index in [4.69, 9.17) is 5.73 Å². The number of aryl methyl sites for hydroxylation is 2. The lowest BCUT2D eigenvalue weighted by atomic mass is 9.96. The molecule has 3 heteroatoms. The molecule has 0 unspecified atom stereocenters. The van der Waals surface area contributed by atoms with Crippen molar-refractivity contribution in [3.63, 3.8) is 0 Å². The number of benzene rings is 2. The average molecular weight is 282 g/mol. The van der Waals surface area contributed by atoms with Crippen LogP contribution in [0.2, 0.25) is 0 Å². The fourth-order valence-corrected chi connectivity index (χ4v) is 2.42. The van der Waals surface area contributed by atoms with Gasteiger partial charge in [-0.3, -0.25) is 4.79 Å². The molecule has 1 amide bonds. The summed E-state index contributed by atoms with van der Waals surface area (Å²) in [5.41, 5.74) is 10.0. The Labute approximate surface area is 126 Å². The van der Waals surface area contributed by atoms with Crippen molar-refractivity contribution in [2.75, 3.05) is 6.54 Å². The molecule has 0 fully saturated rings. The van der Waals surface area contributed by atoms with Gasteiger partial charge in [0.15, 0.2) is 0 Å². The van der Waals surface area contributed by atoms with Crippen LogP contribution >= 0.6 is 0 Å². The lowest BCUT2D eigenvalue weighted by Crippen LogP contribution is -2.30. The summed E-state index contributed by atoms with van der Waals surface area (Å²) >= 11 is 0. The molecule has 3 nitrogen and oxygen atoms in total. The Kier molecular flexibility index (Phi) is 5.12. The van der Waals surface area contributed by atoms with E-state index in [-0.39, 0.29) is 11.9 Å². The van der Waals surface area contributed by atoms with E-state index in [1.54, 1.807) is 0 Å². The highest BCUT2D eigenvalue weighted by Gasteiger charge is 2.16. The molecule has 0 saturated carbocycles. The van der Waals surface area contributed by atoms with Crippen LogP contribution in [0.15, 0.2) is 48.5 Å². The van der Waals surface area contributed by atoms with Gasteiger partial charge in [-0.2, -0.15) is 0 Å². The number of hydrogen-bond acceptors (Lipinski definition) is 2. The van der Waals surface area contributed by atoms with Crippen LogP contribution in [-0.2, 0) is 4.79 Å². The van der Waals surface area contributed by atoms with E-state index in [0.29, 0.717) is 13.0 Å². The van der Waals surface area contributed by atoms with E-state index in [0.717, 1.165) is 11.1 Å². The number of nitrogens with one attached hydrogen (secondary N) is 1. The first-order valence-electron chi connectivity index (χ1n) is 7.22. The molecule has 0 aromatic heterocycles. The summed E-state index contributed by atoms with van der Waals surface area (Å²) < 4.78 is 0. The highest BCUT2D eigenvalue weighted by Crippen LogP contribution is 2.23. The molecule has 0 aliphatic rings. The van der Waals surface area contributed by atoms with Gasteiger partial charge in [0.05, 0.1) is 6.04 Å². The fraction of sp³-hybridized carbons (Fsp3) is 0.278. The molecule has 0 atom stereocenters. The van der Waals surface area contributed by atoms with Crippen molar-refractivity contribution < 1.29 is 4.79 Å². The van der Waals surface area contributed by atoms with Crippen molar-refractivity contribution in [1.82, 2.24) is 5.32 Å². The number of rotatable bonds is 5. The second kappa shape index (κ2) is 7.04. The van der Waals surface area contributed by atoms with Crippen LogP contribution in [0, 0.1) is 13.8 Å². The van der Waals surface area contributed by atoms with Crippen molar-refractivity contribution >= 4 is 5.91 Å². The van der Waals surface area contributed by atoms with Crippen molar-refractivity contribution in [3.05, 3.63) is 70.8 Å². The summed E-state index contributed by atoms with van der Waals surface area (Å²) in [7, 11) is 0. The van der Waals surface area contributed by atoms with Gasteiger partial charge >= 0.3 is 0 Å². The minimum absolute atomic E-state index is 0.0227. The van der Waals surface area contributed by atoms with E-state index in [2.05, 4.69) is 43.4 Å². The molecule has 0 spiro atoms. The smallest absolute Gasteiger partial charge is 0.222 e. The van der Waals surface area contributed by atoms with Crippen LogP contribution < -0.4 is 11.1 Å². The molecule has 3 N–H and O–H groups in total. The third-order valence-corrected chi connectivity index (χ3v) is 3.43. The maximum absolute atomic E-state index is 12.0. The molecule has 0 aliphatic carbocycles. The fourth-order valence-electron chi connectivity index (χ4n) is 2.42. The lowest BCUT2D eigenvalue weighted by Gasteiger charge is -2.20. The first-order valence-corrected chi connectivity index (χ1v) is 7.22. The van der Waals surface area contributed by atoms with Crippen LogP contribution in [0.1, 0.15) is 34.7 Å². The van der Waals surface area contributed by atoms with Gasteiger partial charge in [-0.1, -0.05) is 59.7 Å². The minimum Gasteiger partial charge on any atom is -0.345 e. The number of nitrogens with two attached hydrogens (primary N) is 1. The SMILES string of the molecule is Cc1cccc(C(NC(=O)CCN)c2cccc(C)c2)c1. The summed E-state index contributed by atoms with van der Waals surface area (Å²) in [6.45, 7) is 4.47. The van der Waals surface area contributed by atoms with Crippen molar-refractivity contribution in [2.24, 2.45) is 5.73 Å². The van der Waals surface area contributed by atoms with E-state index in [9.17, 15) is 4.79 Å². The predicted molar refractivity (Wildman–Crippen MR) is 86.0 cm³/mol. The quantitative estimate of drug-likeness (QED) is 0.886. The van der Waals surface area contributed by atoms with Gasteiger partial charge in [0, 0.05) is 13.0 Å². The van der Waals surface area contributed by atoms with Gasteiger partial charge in [-0.15, -0.1) is 0 Å². The summed E-state index contributed by atoms with van der Waals surface area (Å²) in [6, 6.07) is 16.3. The van der Waals surface area contributed by atoms with Gasteiger partial charge in [-0.05, 0) is 25.0 Å². The number of carbonyl (C=O) groups is 1. The standard InChI is InChI=1S/C18H22N2O/c1-13-5-3-7-15(11-13)18(20-17(21)9-10-19)16-8-4-6-14(2)12-16/h3-8,11-12,18H,9-10,19H2,1-2H3,(H,20,21). The van der Waals surface area contributed by atoms with E-state index >= 15 is 0 Å². The zero-order valence-electron chi connectivity index (χ0n) is 12.6. The Hall–Kier alpha value is -2.13. The van der Waals surface area contributed by atoms with E-state index in [1.807, 2.05) is 24.3 Å². The van der Waals surface area contributed by atoms with Crippen LogP contribution in [-0.4, -0.2) is 12.5 Å². The van der Waals surface area contributed by atoms with Gasteiger partial charge < -0.3 is 11.1 Å². The van der Waals surface area contributed by atoms with Gasteiger partial charge in [0.2, 0.25) is 5.91 Å². The first kappa shape index (κ1) is 15.3. The Morgan fingerprint density at radius 2 is 1.57 bits per heavy atom. The topological polar surface area (TPSA) is 55.1 Å². The van der Waals surface area contributed by atoms with Crippen molar-refractivity contribution in [2.45, 2.75) is 26.3 Å². The molecule has 0 radical (unpaired) electrons. The number of hydrogen-bond donors (Lipinski definition) is 2. The predicted octanol–water partition coefficient (Wildman–Crippen LogP) is 2.86. The number of carbonyl (C=O) groups excluding carboxylic acids is 1. The normalized spacial score (nSPS) is 10.7. The molecule has 0 aliphatic heterocycles. The maximum Gasteiger partial charge on any atom is 0.222 e. The molecule has 110 valence electrons. The van der Waals surface area contributed by atoms with Crippen molar-refractivity contribution in [3.8, 4) is 0 Å². The molecule has 0 heterocycles. The summed E-state index contributed by atoms with van der Waals surface area (Å²) in [4.78, 5) is 12.0. The molecular weight excluding hydrogens is 260 g/mol. The second-order valence-corrected chi connectivity index (χ2v) is 5.37. The highest BCUT2D eigenvalue weighted by atomic mass is 16.1. The molecule has 21 heavy (non-hydrogen) atoms. The molecule has 0 bridgehead atoms. The zero-order chi connectivity index (χ0) is 15.2. The van der Waals surface area contributed by atoms with Crippen LogP contribution in [0.4, 0.5) is 0 Å². The molecular formula is C18H22N2O. The summed E-state index contributed by atoms with van der Waals surface area (Å²) in [5.74, 6) is -0.0227. The molecule has 2 aromatic carbocycles. The molecule has 2 aromatic rings. The Morgan fingerprint density at radius 1 is 1.05 bits per heavy atom. The summed E-state index contributed by atoms with van der Waals surface area (Å²) in [6.07, 6.45) is 0.341. The lowest BCUT2D eigenvalue weighted by molar-refractivity contribution is -0.121. The second-order valence-electron chi connectivity index (χ2n) is 5.37. The Bertz CT molecular complexity index is 577. The zero-order valence-corrected chi connectivity index (χ0v) is 12.6. The third-order valence-electron chi connectivity index (χ3n) is 3.43. The van der Waals surface area contributed by atoms with Crippen LogP contribution in [0.5, 0.6) is 0 Å². The Balaban J connectivity index is 2.36. The number of amides is 1. The minimum atomic E-state index is -0.135. The van der Waals surface area contributed by atoms with Gasteiger partial charge in [0.1, 0.15) is 0 Å². The van der Waals surface area contributed by atoms with E-state index < -0.39 is 0 Å². The van der Waals surface area contributed by atoms with E-state index in [1.165, 1.54) is 11.1 Å².